The Balaban J connectivity index is 1.72. The van der Waals surface area contributed by atoms with Crippen molar-refractivity contribution in [3.05, 3.63) is 0 Å². The molecule has 2 aliphatic heterocycles. The van der Waals surface area contributed by atoms with Gasteiger partial charge in [-0.3, -0.25) is 0 Å². The molecule has 3 aliphatic rings. The van der Waals surface area contributed by atoms with Crippen molar-refractivity contribution in [3.8, 4) is 0 Å². The summed E-state index contributed by atoms with van der Waals surface area (Å²) in [5.41, 5.74) is 0.0375. The maximum atomic E-state index is 13.0. The molecule has 1 saturated carbocycles. The van der Waals surface area contributed by atoms with E-state index in [1.54, 1.807) is 0 Å². The van der Waals surface area contributed by atoms with Crippen LogP contribution in [0.25, 0.3) is 0 Å². The summed E-state index contributed by atoms with van der Waals surface area (Å²) in [6, 6.07) is 1.08. The van der Waals surface area contributed by atoms with Gasteiger partial charge < -0.3 is 19.9 Å². The van der Waals surface area contributed by atoms with Crippen LogP contribution in [0.1, 0.15) is 53.4 Å². The van der Waals surface area contributed by atoms with Crippen LogP contribution in [0.15, 0.2) is 0 Å². The third-order valence-electron chi connectivity index (χ3n) is 5.77. The van der Waals surface area contributed by atoms with Gasteiger partial charge in [0.25, 0.3) is 0 Å². The van der Waals surface area contributed by atoms with Gasteiger partial charge in [0.1, 0.15) is 0 Å². The van der Waals surface area contributed by atoms with E-state index in [2.05, 4.69) is 24.1 Å². The van der Waals surface area contributed by atoms with Crippen LogP contribution in [0.3, 0.4) is 0 Å². The van der Waals surface area contributed by atoms with E-state index in [4.69, 9.17) is 4.74 Å². The normalized spacial score (nSPS) is 34.3. The molecule has 2 heterocycles. The summed E-state index contributed by atoms with van der Waals surface area (Å²) in [6.45, 7) is 11.8. The Morgan fingerprint density at radius 2 is 2.09 bits per heavy atom. The first-order valence-corrected chi connectivity index (χ1v) is 9.36. The third kappa shape index (κ3) is 3.22. The molecule has 0 aromatic heterocycles. The molecule has 3 rings (SSSR count). The molecule has 0 radical (unpaired) electrons. The minimum absolute atomic E-state index is 0.0375. The number of amides is 2. The Morgan fingerprint density at radius 1 is 1.30 bits per heavy atom. The molecular weight excluding hydrogens is 290 g/mol. The monoisotopic (exact) mass is 323 g/mol. The Bertz CT molecular complexity index is 424. The number of piperidine rings is 1. The number of carbonyl (C=O) groups is 1. The van der Waals surface area contributed by atoms with E-state index in [1.807, 2.05) is 18.7 Å². The first kappa shape index (κ1) is 17.0. The van der Waals surface area contributed by atoms with Gasteiger partial charge in [0.15, 0.2) is 0 Å². The summed E-state index contributed by atoms with van der Waals surface area (Å²) in [4.78, 5) is 17.2. The summed E-state index contributed by atoms with van der Waals surface area (Å²) >= 11 is 0. The van der Waals surface area contributed by atoms with Gasteiger partial charge in [-0.15, -0.1) is 0 Å². The highest BCUT2D eigenvalue weighted by molar-refractivity contribution is 5.78. The second-order valence-electron chi connectivity index (χ2n) is 8.18. The molecule has 23 heavy (non-hydrogen) atoms. The topological polar surface area (TPSA) is 44.8 Å². The maximum Gasteiger partial charge on any atom is 0.320 e. The quantitative estimate of drug-likeness (QED) is 0.845. The van der Waals surface area contributed by atoms with Crippen molar-refractivity contribution < 1.29 is 9.53 Å². The lowest BCUT2D eigenvalue weighted by Gasteiger charge is -2.36. The molecule has 0 aromatic rings. The van der Waals surface area contributed by atoms with Crippen LogP contribution >= 0.6 is 0 Å². The average molecular weight is 323 g/mol. The minimum Gasteiger partial charge on any atom is -0.377 e. The van der Waals surface area contributed by atoms with Gasteiger partial charge >= 0.3 is 6.03 Å². The molecule has 3 fully saturated rings. The number of nitrogens with zero attached hydrogens (tertiary/aromatic N) is 2. The van der Waals surface area contributed by atoms with Crippen molar-refractivity contribution in [3.63, 3.8) is 0 Å². The highest BCUT2D eigenvalue weighted by atomic mass is 16.5. The molecule has 0 bridgehead atoms. The zero-order valence-corrected chi connectivity index (χ0v) is 15.2. The fourth-order valence-electron chi connectivity index (χ4n) is 5.01. The van der Waals surface area contributed by atoms with E-state index in [0.29, 0.717) is 19.2 Å². The fraction of sp³-hybridized carbons (Fsp3) is 0.944. The van der Waals surface area contributed by atoms with Crippen LogP contribution in [0.4, 0.5) is 4.79 Å². The van der Waals surface area contributed by atoms with Crippen molar-refractivity contribution in [2.75, 3.05) is 26.2 Å². The van der Waals surface area contributed by atoms with Gasteiger partial charge in [-0.25, -0.2) is 4.79 Å². The number of hydrogen-bond donors (Lipinski definition) is 1. The molecule has 3 unspecified atom stereocenters. The van der Waals surface area contributed by atoms with Gasteiger partial charge in [0.05, 0.1) is 18.2 Å². The third-order valence-corrected chi connectivity index (χ3v) is 5.77. The van der Waals surface area contributed by atoms with Crippen LogP contribution in [0.2, 0.25) is 0 Å². The smallest absolute Gasteiger partial charge is 0.320 e. The second kappa shape index (κ2) is 6.60. The van der Waals surface area contributed by atoms with Crippen LogP contribution < -0.4 is 5.32 Å². The SMILES string of the molecule is CC(C)OCCN1CC2(CC3CCCNC3C2)N(C(C)C)C1=O. The van der Waals surface area contributed by atoms with E-state index in [0.717, 1.165) is 31.8 Å². The Hall–Kier alpha value is -0.810. The minimum atomic E-state index is 0.0375. The van der Waals surface area contributed by atoms with Crippen molar-refractivity contribution in [2.45, 2.75) is 77.1 Å². The number of urea groups is 1. The molecule has 5 nitrogen and oxygen atoms in total. The van der Waals surface area contributed by atoms with Crippen molar-refractivity contribution >= 4 is 6.03 Å². The van der Waals surface area contributed by atoms with Gasteiger partial charge in [-0.05, 0) is 65.8 Å². The molecule has 5 heteroatoms. The highest BCUT2D eigenvalue weighted by Crippen LogP contribution is 2.47. The van der Waals surface area contributed by atoms with Gasteiger partial charge in [0.2, 0.25) is 0 Å². The summed E-state index contributed by atoms with van der Waals surface area (Å²) in [7, 11) is 0. The second-order valence-corrected chi connectivity index (χ2v) is 8.18. The molecule has 3 atom stereocenters. The molecule has 2 saturated heterocycles. The highest BCUT2D eigenvalue weighted by Gasteiger charge is 2.57. The number of ether oxygens (including phenoxy) is 1. The maximum absolute atomic E-state index is 13.0. The van der Waals surface area contributed by atoms with E-state index >= 15 is 0 Å². The average Bonchev–Trinajstić information content (AvgIpc) is 2.95. The predicted octanol–water partition coefficient (Wildman–Crippen LogP) is 2.46. The molecular formula is C18H33N3O2. The number of carbonyl (C=O) groups excluding carboxylic acids is 1. The molecule has 132 valence electrons. The van der Waals surface area contributed by atoms with E-state index in [1.165, 1.54) is 12.8 Å². The standard InChI is InChI=1S/C18H33N3O2/c1-13(2)21-17(22)20(8-9-23-14(3)4)12-18(21)10-15-6-5-7-19-16(15)11-18/h13-16,19H,5-12H2,1-4H3. The lowest BCUT2D eigenvalue weighted by molar-refractivity contribution is 0.0665. The van der Waals surface area contributed by atoms with Crippen molar-refractivity contribution in [2.24, 2.45) is 5.92 Å². The fourth-order valence-corrected chi connectivity index (χ4v) is 5.01. The van der Waals surface area contributed by atoms with Crippen LogP contribution in [0.5, 0.6) is 0 Å². The summed E-state index contributed by atoms with van der Waals surface area (Å²) in [6.07, 6.45) is 5.09. The Kier molecular flexibility index (Phi) is 4.88. The van der Waals surface area contributed by atoms with E-state index in [9.17, 15) is 4.79 Å². The first-order chi connectivity index (χ1) is 10.9. The largest absolute Gasteiger partial charge is 0.377 e. The lowest BCUT2D eigenvalue weighted by atomic mass is 9.91. The zero-order chi connectivity index (χ0) is 16.6. The molecule has 2 amide bonds. The number of nitrogens with one attached hydrogen (secondary N) is 1. The zero-order valence-electron chi connectivity index (χ0n) is 15.2. The predicted molar refractivity (Wildman–Crippen MR) is 91.5 cm³/mol. The number of hydrogen-bond acceptors (Lipinski definition) is 3. The number of fused-ring (bicyclic) bond motifs is 1. The summed E-state index contributed by atoms with van der Waals surface area (Å²) < 4.78 is 5.67. The first-order valence-electron chi connectivity index (χ1n) is 9.36. The molecule has 1 spiro atoms. The molecule has 0 aromatic carbocycles. The molecule has 1 N–H and O–H groups in total. The van der Waals surface area contributed by atoms with Gasteiger partial charge in [0, 0.05) is 25.2 Å². The molecule has 1 aliphatic carbocycles. The van der Waals surface area contributed by atoms with E-state index < -0.39 is 0 Å². The van der Waals surface area contributed by atoms with Crippen LogP contribution in [0, 0.1) is 5.92 Å². The van der Waals surface area contributed by atoms with Crippen LogP contribution in [-0.4, -0.2) is 65.8 Å². The van der Waals surface area contributed by atoms with E-state index in [-0.39, 0.29) is 23.7 Å². The van der Waals surface area contributed by atoms with Gasteiger partial charge in [-0.2, -0.15) is 0 Å². The lowest BCUT2D eigenvalue weighted by Crippen LogP contribution is -2.49. The number of rotatable bonds is 5. The van der Waals surface area contributed by atoms with Crippen molar-refractivity contribution in [1.82, 2.24) is 15.1 Å². The summed E-state index contributed by atoms with van der Waals surface area (Å²) in [5.74, 6) is 0.740. The summed E-state index contributed by atoms with van der Waals surface area (Å²) in [5, 5.41) is 3.70. The van der Waals surface area contributed by atoms with Crippen molar-refractivity contribution in [1.29, 1.82) is 0 Å². The van der Waals surface area contributed by atoms with Crippen LogP contribution in [-0.2, 0) is 4.74 Å². The Labute approximate surface area is 140 Å². The Morgan fingerprint density at radius 3 is 2.74 bits per heavy atom. The van der Waals surface area contributed by atoms with Gasteiger partial charge in [-0.1, -0.05) is 0 Å².